The van der Waals surface area contributed by atoms with Gasteiger partial charge in [-0.25, -0.2) is 4.98 Å². The van der Waals surface area contributed by atoms with E-state index in [-0.39, 0.29) is 5.69 Å². The van der Waals surface area contributed by atoms with Crippen molar-refractivity contribution >= 4 is 11.5 Å². The second-order valence-corrected chi connectivity index (χ2v) is 4.33. The summed E-state index contributed by atoms with van der Waals surface area (Å²) in [6, 6.07) is 3.68. The van der Waals surface area contributed by atoms with Crippen molar-refractivity contribution in [1.82, 2.24) is 10.3 Å². The molecule has 0 bridgehead atoms. The third kappa shape index (κ3) is 2.52. The molecular weight excluding hydrogens is 220 g/mol. The molecule has 1 unspecified atom stereocenters. The maximum Gasteiger partial charge on any atom is 0.290 e. The highest BCUT2D eigenvalue weighted by molar-refractivity contribution is 5.47. The van der Waals surface area contributed by atoms with Gasteiger partial charge in [-0.15, -0.1) is 0 Å². The van der Waals surface area contributed by atoms with Crippen LogP contribution in [-0.4, -0.2) is 35.6 Å². The first-order valence-electron chi connectivity index (χ1n) is 5.68. The molecule has 1 N–H and O–H groups in total. The fourth-order valence-electron chi connectivity index (χ4n) is 2.05. The molecule has 0 aromatic carbocycles. The molecule has 1 fully saturated rings. The van der Waals surface area contributed by atoms with Gasteiger partial charge in [0.25, 0.3) is 5.69 Å². The third-order valence-electron chi connectivity index (χ3n) is 2.93. The van der Waals surface area contributed by atoms with Crippen LogP contribution < -0.4 is 10.2 Å². The molecule has 2 rings (SSSR count). The molecule has 1 aliphatic rings. The van der Waals surface area contributed by atoms with Crippen molar-refractivity contribution in [2.45, 2.75) is 19.9 Å². The second-order valence-electron chi connectivity index (χ2n) is 4.33. The SMILES string of the molecule is Cc1nc(N2CCNC(C)C2)ccc1[N+](=O)[O-]. The van der Waals surface area contributed by atoms with Gasteiger partial charge in [-0.3, -0.25) is 10.1 Å². The zero-order valence-corrected chi connectivity index (χ0v) is 10.0. The number of nitro groups is 1. The molecule has 1 aliphatic heterocycles. The van der Waals surface area contributed by atoms with E-state index in [9.17, 15) is 10.1 Å². The average molecular weight is 236 g/mol. The summed E-state index contributed by atoms with van der Waals surface area (Å²) in [6.07, 6.45) is 0. The molecule has 17 heavy (non-hydrogen) atoms. The van der Waals surface area contributed by atoms with Gasteiger partial charge in [-0.05, 0) is 19.9 Å². The van der Waals surface area contributed by atoms with Crippen molar-refractivity contribution in [3.8, 4) is 0 Å². The number of nitrogens with one attached hydrogen (secondary N) is 1. The van der Waals surface area contributed by atoms with E-state index in [1.165, 1.54) is 6.07 Å². The Morgan fingerprint density at radius 3 is 2.94 bits per heavy atom. The quantitative estimate of drug-likeness (QED) is 0.615. The Hall–Kier alpha value is -1.69. The lowest BCUT2D eigenvalue weighted by molar-refractivity contribution is -0.385. The molecule has 0 spiro atoms. The molecule has 1 aromatic rings. The van der Waals surface area contributed by atoms with E-state index in [0.29, 0.717) is 11.7 Å². The van der Waals surface area contributed by atoms with Gasteiger partial charge in [0.15, 0.2) is 0 Å². The van der Waals surface area contributed by atoms with Crippen LogP contribution in [0.1, 0.15) is 12.6 Å². The first-order chi connectivity index (χ1) is 8.08. The van der Waals surface area contributed by atoms with Crippen molar-refractivity contribution in [3.63, 3.8) is 0 Å². The second kappa shape index (κ2) is 4.67. The number of rotatable bonds is 2. The number of anilines is 1. The fourth-order valence-corrected chi connectivity index (χ4v) is 2.05. The minimum Gasteiger partial charge on any atom is -0.354 e. The van der Waals surface area contributed by atoms with Gasteiger partial charge < -0.3 is 10.2 Å². The molecular formula is C11H16N4O2. The van der Waals surface area contributed by atoms with E-state index in [1.54, 1.807) is 13.0 Å². The predicted octanol–water partition coefficient (Wildman–Crippen LogP) is 1.10. The van der Waals surface area contributed by atoms with E-state index in [4.69, 9.17) is 0 Å². The van der Waals surface area contributed by atoms with Gasteiger partial charge in [0.1, 0.15) is 11.5 Å². The number of aromatic nitrogens is 1. The topological polar surface area (TPSA) is 71.3 Å². The number of nitrogens with zero attached hydrogens (tertiary/aromatic N) is 3. The zero-order valence-electron chi connectivity index (χ0n) is 10.0. The monoisotopic (exact) mass is 236 g/mol. The number of piperazine rings is 1. The summed E-state index contributed by atoms with van der Waals surface area (Å²) in [4.78, 5) is 16.8. The summed E-state index contributed by atoms with van der Waals surface area (Å²) in [7, 11) is 0. The molecule has 2 heterocycles. The summed E-state index contributed by atoms with van der Waals surface area (Å²) >= 11 is 0. The van der Waals surface area contributed by atoms with Crippen LogP contribution in [-0.2, 0) is 0 Å². The summed E-state index contributed by atoms with van der Waals surface area (Å²) in [6.45, 7) is 6.47. The Kier molecular flexibility index (Phi) is 3.23. The van der Waals surface area contributed by atoms with Crippen LogP contribution in [0.25, 0.3) is 0 Å². The first-order valence-corrected chi connectivity index (χ1v) is 5.68. The maximum atomic E-state index is 10.7. The molecule has 1 aromatic heterocycles. The van der Waals surface area contributed by atoms with Gasteiger partial charge in [0, 0.05) is 31.7 Å². The summed E-state index contributed by atoms with van der Waals surface area (Å²) < 4.78 is 0. The molecule has 1 saturated heterocycles. The lowest BCUT2D eigenvalue weighted by Gasteiger charge is -2.32. The van der Waals surface area contributed by atoms with Gasteiger partial charge >= 0.3 is 0 Å². The van der Waals surface area contributed by atoms with Crippen LogP contribution in [0.4, 0.5) is 11.5 Å². The Morgan fingerprint density at radius 1 is 1.59 bits per heavy atom. The van der Waals surface area contributed by atoms with Crippen LogP contribution in [0.5, 0.6) is 0 Å². The standard InChI is InChI=1S/C11H16N4O2/c1-8-7-14(6-5-12-8)11-4-3-10(15(16)17)9(2)13-11/h3-4,8,12H,5-7H2,1-2H3. The summed E-state index contributed by atoms with van der Waals surface area (Å²) in [5.74, 6) is 0.821. The van der Waals surface area contributed by atoms with Crippen molar-refractivity contribution in [2.75, 3.05) is 24.5 Å². The molecule has 0 aliphatic carbocycles. The molecule has 0 amide bonds. The lowest BCUT2D eigenvalue weighted by atomic mass is 10.2. The largest absolute Gasteiger partial charge is 0.354 e. The number of pyridine rings is 1. The number of hydrogen-bond acceptors (Lipinski definition) is 5. The fraction of sp³-hybridized carbons (Fsp3) is 0.545. The normalized spacial score (nSPS) is 20.4. The van der Waals surface area contributed by atoms with E-state index in [1.807, 2.05) is 0 Å². The maximum absolute atomic E-state index is 10.7. The van der Waals surface area contributed by atoms with Crippen LogP contribution in [0, 0.1) is 17.0 Å². The highest BCUT2D eigenvalue weighted by atomic mass is 16.6. The lowest BCUT2D eigenvalue weighted by Crippen LogP contribution is -2.49. The predicted molar refractivity (Wildman–Crippen MR) is 65.3 cm³/mol. The van der Waals surface area contributed by atoms with Crippen molar-refractivity contribution in [1.29, 1.82) is 0 Å². The van der Waals surface area contributed by atoms with Gasteiger partial charge in [-0.1, -0.05) is 0 Å². The van der Waals surface area contributed by atoms with Crippen molar-refractivity contribution in [2.24, 2.45) is 0 Å². The van der Waals surface area contributed by atoms with Gasteiger partial charge in [0.05, 0.1) is 4.92 Å². The zero-order chi connectivity index (χ0) is 12.4. The van der Waals surface area contributed by atoms with Crippen LogP contribution in [0.3, 0.4) is 0 Å². The van der Waals surface area contributed by atoms with Gasteiger partial charge in [0.2, 0.25) is 0 Å². The smallest absolute Gasteiger partial charge is 0.290 e. The van der Waals surface area contributed by atoms with E-state index in [2.05, 4.69) is 22.1 Å². The molecule has 0 radical (unpaired) electrons. The minimum atomic E-state index is -0.396. The van der Waals surface area contributed by atoms with E-state index in [0.717, 1.165) is 25.5 Å². The summed E-state index contributed by atoms with van der Waals surface area (Å²) in [5.41, 5.74) is 0.551. The molecule has 92 valence electrons. The average Bonchev–Trinajstić information content (AvgIpc) is 2.28. The molecule has 6 heteroatoms. The molecule has 1 atom stereocenters. The summed E-state index contributed by atoms with van der Waals surface area (Å²) in [5, 5.41) is 14.1. The van der Waals surface area contributed by atoms with E-state index >= 15 is 0 Å². The minimum absolute atomic E-state index is 0.0805. The number of hydrogen-bond donors (Lipinski definition) is 1. The highest BCUT2D eigenvalue weighted by Crippen LogP contribution is 2.21. The van der Waals surface area contributed by atoms with Crippen LogP contribution in [0.15, 0.2) is 12.1 Å². The Morgan fingerprint density at radius 2 is 2.35 bits per heavy atom. The Bertz CT molecular complexity index is 435. The Balaban J connectivity index is 2.22. The third-order valence-corrected chi connectivity index (χ3v) is 2.93. The number of aryl methyl sites for hydroxylation is 1. The Labute approximate surface area is 99.8 Å². The highest BCUT2D eigenvalue weighted by Gasteiger charge is 2.19. The van der Waals surface area contributed by atoms with Gasteiger partial charge in [-0.2, -0.15) is 0 Å². The molecule has 0 saturated carbocycles. The van der Waals surface area contributed by atoms with Crippen molar-refractivity contribution in [3.05, 3.63) is 27.9 Å². The van der Waals surface area contributed by atoms with Crippen LogP contribution in [0.2, 0.25) is 0 Å². The van der Waals surface area contributed by atoms with E-state index < -0.39 is 4.92 Å². The first kappa shape index (κ1) is 11.8. The van der Waals surface area contributed by atoms with Crippen LogP contribution >= 0.6 is 0 Å². The van der Waals surface area contributed by atoms with Crippen molar-refractivity contribution < 1.29 is 4.92 Å². The molecule has 6 nitrogen and oxygen atoms in total.